The lowest BCUT2D eigenvalue weighted by Crippen LogP contribution is -2.58. The molecule has 0 unspecified atom stereocenters. The number of urea groups is 1. The van der Waals surface area contributed by atoms with E-state index in [2.05, 4.69) is 40.8 Å². The van der Waals surface area contributed by atoms with Crippen LogP contribution in [0, 0.1) is 45.7 Å². The second-order valence-corrected chi connectivity index (χ2v) is 19.6. The molecule has 0 radical (unpaired) electrons. The van der Waals surface area contributed by atoms with Gasteiger partial charge < -0.3 is 35.1 Å². The van der Waals surface area contributed by atoms with Gasteiger partial charge in [0.1, 0.15) is 0 Å². The second-order valence-electron chi connectivity index (χ2n) is 19.2. The maximum atomic E-state index is 13.5. The third-order valence-corrected chi connectivity index (χ3v) is 14.1. The van der Waals surface area contributed by atoms with E-state index < -0.39 is 40.9 Å². The lowest BCUT2D eigenvalue weighted by Gasteiger charge is -2.47. The number of nitrogens with zero attached hydrogens (tertiary/aromatic N) is 13. The van der Waals surface area contributed by atoms with E-state index in [0.29, 0.717) is 87.0 Å². The van der Waals surface area contributed by atoms with Crippen molar-refractivity contribution in [3.63, 3.8) is 0 Å². The molecule has 0 bridgehead atoms. The summed E-state index contributed by atoms with van der Waals surface area (Å²) in [6.07, 6.45) is 10.5. The summed E-state index contributed by atoms with van der Waals surface area (Å²) in [5.41, 5.74) is 2.46. The predicted octanol–water partition coefficient (Wildman–Crippen LogP) is 5.11. The number of halogens is 7. The van der Waals surface area contributed by atoms with Gasteiger partial charge in [-0.25, -0.2) is 51.1 Å². The van der Waals surface area contributed by atoms with Gasteiger partial charge >= 0.3 is 6.03 Å². The van der Waals surface area contributed by atoms with Crippen molar-refractivity contribution in [3.05, 3.63) is 131 Å². The van der Waals surface area contributed by atoms with Crippen molar-refractivity contribution in [2.24, 2.45) is 10.8 Å². The SMILES string of the molecule is C[C@H]1Cn2ncc(N3CC4(CNC4)CC3=O)c2CN1C(=O)Cc1cc(F)c(F)c(F)c1.Clc1ncccn1.O=C(Nc1cc(F)c(F)c(F)c1)N1CCn2ncc(N3CC4(CC3=O)CN(c3ncccn3)C4)c2C1. The van der Waals surface area contributed by atoms with Gasteiger partial charge in [-0.15, -0.1) is 0 Å². The molecule has 6 aromatic rings. The minimum Gasteiger partial charge on any atom is -0.339 e. The zero-order valence-corrected chi connectivity index (χ0v) is 40.3. The van der Waals surface area contributed by atoms with E-state index in [1.54, 1.807) is 73.4 Å². The molecule has 2 aromatic carbocycles. The quantitative estimate of drug-likeness (QED) is 0.127. The van der Waals surface area contributed by atoms with Gasteiger partial charge in [0.15, 0.2) is 34.9 Å². The lowest BCUT2D eigenvalue weighted by atomic mass is 9.79. The fourth-order valence-corrected chi connectivity index (χ4v) is 10.3. The first kappa shape index (κ1) is 49.9. The molecule has 2 spiro atoms. The van der Waals surface area contributed by atoms with Crippen molar-refractivity contribution < 1.29 is 45.5 Å². The number of fused-ring (bicyclic) bond motifs is 2. The monoisotopic (exact) mass is 1050 g/mol. The van der Waals surface area contributed by atoms with Crippen molar-refractivity contribution in [2.45, 2.75) is 58.4 Å². The highest BCUT2D eigenvalue weighted by Gasteiger charge is 2.53. The Kier molecular flexibility index (Phi) is 13.5. The van der Waals surface area contributed by atoms with Crippen molar-refractivity contribution in [1.82, 2.24) is 54.6 Å². The van der Waals surface area contributed by atoms with Crippen LogP contribution in [0.15, 0.2) is 73.6 Å². The van der Waals surface area contributed by atoms with Crippen molar-refractivity contribution in [3.8, 4) is 0 Å². The van der Waals surface area contributed by atoms with Gasteiger partial charge in [-0.3, -0.25) is 23.7 Å². The summed E-state index contributed by atoms with van der Waals surface area (Å²) in [6, 6.07) is 5.81. The molecule has 2 N–H and O–H groups in total. The van der Waals surface area contributed by atoms with E-state index >= 15 is 0 Å². The topological polar surface area (TPSA) is 196 Å². The minimum atomic E-state index is -1.60. The van der Waals surface area contributed by atoms with Crippen molar-refractivity contribution in [2.75, 3.05) is 65.8 Å². The number of benzene rings is 2. The Morgan fingerprint density at radius 3 is 1.81 bits per heavy atom. The molecule has 4 aromatic heterocycles. The maximum Gasteiger partial charge on any atom is 0.322 e. The maximum absolute atomic E-state index is 13.5. The zero-order chi connectivity index (χ0) is 52.1. The van der Waals surface area contributed by atoms with Crippen LogP contribution in [0.5, 0.6) is 0 Å². The van der Waals surface area contributed by atoms with Crippen LogP contribution >= 0.6 is 11.6 Å². The van der Waals surface area contributed by atoms with Gasteiger partial charge in [0.2, 0.25) is 29.0 Å². The molecule has 1 atom stereocenters. The predicted molar refractivity (Wildman–Crippen MR) is 253 cm³/mol. The first-order valence-electron chi connectivity index (χ1n) is 23.5. The average Bonchev–Trinajstić information content (AvgIpc) is 4.16. The Labute approximate surface area is 423 Å². The third-order valence-electron chi connectivity index (χ3n) is 14.0. The van der Waals surface area contributed by atoms with Crippen molar-refractivity contribution in [1.29, 1.82) is 0 Å². The van der Waals surface area contributed by atoms with Crippen LogP contribution in [0.3, 0.4) is 0 Å². The number of amides is 5. The molecule has 19 nitrogen and oxygen atoms in total. The highest BCUT2D eigenvalue weighted by Crippen LogP contribution is 2.44. The van der Waals surface area contributed by atoms with Crippen LogP contribution < -0.4 is 25.3 Å². The largest absolute Gasteiger partial charge is 0.339 e. The molecule has 386 valence electrons. The van der Waals surface area contributed by atoms with Crippen LogP contribution in [-0.2, 0) is 47.0 Å². The number of carbonyl (C=O) groups is 4. The lowest BCUT2D eigenvalue weighted by molar-refractivity contribution is -0.134. The highest BCUT2D eigenvalue weighted by molar-refractivity contribution is 6.28. The molecule has 0 aliphatic carbocycles. The summed E-state index contributed by atoms with van der Waals surface area (Å²) in [5, 5.41) is 14.7. The van der Waals surface area contributed by atoms with Gasteiger partial charge in [-0.2, -0.15) is 10.2 Å². The van der Waals surface area contributed by atoms with Crippen LogP contribution in [0.2, 0.25) is 5.28 Å². The first-order valence-corrected chi connectivity index (χ1v) is 23.8. The summed E-state index contributed by atoms with van der Waals surface area (Å²) in [7, 11) is 0. The summed E-state index contributed by atoms with van der Waals surface area (Å²) < 4.78 is 84.1. The van der Waals surface area contributed by atoms with Crippen LogP contribution in [-0.4, -0.2) is 125 Å². The Hall–Kier alpha value is -7.67. The number of aromatic nitrogens is 8. The van der Waals surface area contributed by atoms with Crippen molar-refractivity contribution >= 4 is 58.4 Å². The zero-order valence-electron chi connectivity index (χ0n) is 39.5. The molecule has 4 saturated heterocycles. The summed E-state index contributed by atoms with van der Waals surface area (Å²) in [5.74, 6) is -8.22. The van der Waals surface area contributed by atoms with Gasteiger partial charge in [0.05, 0.1) is 67.8 Å². The fourth-order valence-electron chi connectivity index (χ4n) is 10.2. The second kappa shape index (κ2) is 20.0. The van der Waals surface area contributed by atoms with Crippen LogP contribution in [0.1, 0.15) is 36.7 Å². The molecule has 26 heteroatoms. The van der Waals surface area contributed by atoms with Gasteiger partial charge in [0.25, 0.3) is 0 Å². The minimum absolute atomic E-state index is 0.0155. The van der Waals surface area contributed by atoms with E-state index in [-0.39, 0.29) is 65.4 Å². The van der Waals surface area contributed by atoms with E-state index in [1.807, 2.05) is 11.8 Å². The Morgan fingerprint density at radius 2 is 1.26 bits per heavy atom. The first-order chi connectivity index (χ1) is 35.5. The number of carbonyl (C=O) groups excluding carboxylic acids is 4. The molecule has 5 amide bonds. The molecular formula is C48H46ClF6N15O4. The van der Waals surface area contributed by atoms with Gasteiger partial charge in [-0.1, -0.05) is 0 Å². The molecule has 6 aliphatic heterocycles. The molecule has 12 rings (SSSR count). The van der Waals surface area contributed by atoms with E-state index in [1.165, 1.54) is 4.90 Å². The average molecular weight is 1050 g/mol. The number of hydrogen-bond acceptors (Lipinski definition) is 12. The van der Waals surface area contributed by atoms with E-state index in [0.717, 1.165) is 43.0 Å². The number of hydrogen-bond donors (Lipinski definition) is 2. The summed E-state index contributed by atoms with van der Waals surface area (Å²) in [6.45, 7) is 7.48. The summed E-state index contributed by atoms with van der Waals surface area (Å²) in [4.78, 5) is 75.8. The number of anilines is 4. The third kappa shape index (κ3) is 9.91. The molecule has 10 heterocycles. The Bertz CT molecular complexity index is 3090. The molecule has 0 saturated carbocycles. The molecule has 4 fully saturated rings. The number of nitrogens with one attached hydrogen (secondary N) is 2. The Balaban J connectivity index is 0.000000151. The van der Waals surface area contributed by atoms with Crippen LogP contribution in [0.4, 0.5) is 54.1 Å². The van der Waals surface area contributed by atoms with Gasteiger partial charge in [-0.05, 0) is 48.4 Å². The van der Waals surface area contributed by atoms with Gasteiger partial charge in [0, 0.05) is 118 Å². The summed E-state index contributed by atoms with van der Waals surface area (Å²) >= 11 is 5.32. The Morgan fingerprint density at radius 1 is 0.716 bits per heavy atom. The molecular weight excluding hydrogens is 1000 g/mol. The highest BCUT2D eigenvalue weighted by atomic mass is 35.5. The van der Waals surface area contributed by atoms with E-state index in [9.17, 15) is 45.5 Å². The van der Waals surface area contributed by atoms with E-state index in [4.69, 9.17) is 11.6 Å². The molecule has 6 aliphatic rings. The molecule has 74 heavy (non-hydrogen) atoms. The number of rotatable bonds is 6. The normalized spacial score (nSPS) is 19.0. The standard InChI is InChI=1S/C23H21F3N8O2.C21H22F3N5O2.C4H3ClN2/c24-15-6-14(7-16(25)20(15)26)30-22(36)31-4-5-34-18(10-31)17(9-29-34)33-13-23(8-19(33)35)11-32(12-23)21-27-2-1-3-28-21;1-12-7-29-17(16(6-26-29)28-11-21(5-19(28)31)9-25-10-21)8-27(12)18(30)4-13-2-14(22)20(24)15(23)3-13;5-4-6-2-1-3-7-4/h1-3,6-7,9H,4-5,8,10-13H2,(H,30,36);2-3,6,12,25H,4-5,7-11H2,1H3;1-3H/t;12-;/m.0./s1. The fraction of sp³-hybridized carbons (Fsp3) is 0.375. The van der Waals surface area contributed by atoms with Crippen LogP contribution in [0.25, 0.3) is 0 Å². The smallest absolute Gasteiger partial charge is 0.322 e.